The van der Waals surface area contributed by atoms with Crippen molar-refractivity contribution >= 4 is 52.7 Å². The Kier molecular flexibility index (Phi) is 4.78. The molecule has 6 nitrogen and oxygen atoms in total. The van der Waals surface area contributed by atoms with E-state index in [9.17, 15) is 14.4 Å². The van der Waals surface area contributed by atoms with Gasteiger partial charge >= 0.3 is 5.97 Å². The molecule has 0 aliphatic carbocycles. The van der Waals surface area contributed by atoms with Gasteiger partial charge in [-0.2, -0.15) is 0 Å². The van der Waals surface area contributed by atoms with Crippen molar-refractivity contribution in [3.63, 3.8) is 0 Å². The molecular weight excluding hydrogens is 420 g/mol. The number of rotatable bonds is 3. The van der Waals surface area contributed by atoms with E-state index in [0.29, 0.717) is 12.2 Å². The van der Waals surface area contributed by atoms with E-state index in [-0.39, 0.29) is 23.3 Å². The Morgan fingerprint density at radius 2 is 1.73 bits per heavy atom. The van der Waals surface area contributed by atoms with Crippen molar-refractivity contribution in [2.45, 2.75) is 40.5 Å². The van der Waals surface area contributed by atoms with Crippen molar-refractivity contribution in [3.05, 3.63) is 48.5 Å². The van der Waals surface area contributed by atoms with Gasteiger partial charge in [0.25, 0.3) is 5.91 Å². The molecule has 3 aliphatic rings. The molecule has 0 spiro atoms. The van der Waals surface area contributed by atoms with Crippen LogP contribution in [-0.4, -0.2) is 46.0 Å². The maximum Gasteiger partial charge on any atom is 0.330 e. The maximum absolute atomic E-state index is 13.2. The van der Waals surface area contributed by atoms with Gasteiger partial charge in [-0.15, -0.1) is 11.8 Å². The fourth-order valence-electron chi connectivity index (χ4n) is 4.26. The summed E-state index contributed by atoms with van der Waals surface area (Å²) < 4.78 is 5.43. The van der Waals surface area contributed by atoms with Gasteiger partial charge in [0.2, 0.25) is 5.91 Å². The van der Waals surface area contributed by atoms with Gasteiger partial charge in [-0.1, -0.05) is 36.0 Å². The van der Waals surface area contributed by atoms with Gasteiger partial charge in [-0.05, 0) is 37.6 Å². The minimum absolute atomic E-state index is 0.0216. The van der Waals surface area contributed by atoms with Gasteiger partial charge in [-0.3, -0.25) is 14.5 Å². The number of esters is 1. The predicted octanol–water partition coefficient (Wildman–Crippen LogP) is 3.81. The molecule has 5 rings (SSSR count). The Hall–Kier alpha value is -2.45. The van der Waals surface area contributed by atoms with E-state index in [1.165, 1.54) is 0 Å². The molecule has 154 valence electrons. The monoisotopic (exact) mass is 440 g/mol. The number of carbonyl (C=O) groups excluding carboxylic acids is 3. The Balaban J connectivity index is 1.34. The molecule has 2 aromatic rings. The highest BCUT2D eigenvalue weighted by molar-refractivity contribution is 8.01. The summed E-state index contributed by atoms with van der Waals surface area (Å²) in [4.78, 5) is 43.0. The second kappa shape index (κ2) is 7.35. The van der Waals surface area contributed by atoms with Crippen LogP contribution in [-0.2, 0) is 19.1 Å². The zero-order valence-corrected chi connectivity index (χ0v) is 18.0. The maximum atomic E-state index is 13.2. The third kappa shape index (κ3) is 3.09. The molecule has 0 aromatic heterocycles. The summed E-state index contributed by atoms with van der Waals surface area (Å²) in [6, 6.07) is 14.7. The van der Waals surface area contributed by atoms with Gasteiger partial charge in [0.05, 0.1) is 16.2 Å². The number of fused-ring (bicyclic) bond motifs is 3. The van der Waals surface area contributed by atoms with E-state index in [2.05, 4.69) is 0 Å². The smallest absolute Gasteiger partial charge is 0.330 e. The van der Waals surface area contributed by atoms with Crippen LogP contribution in [0.15, 0.2) is 58.3 Å². The average molecular weight is 441 g/mol. The number of ether oxygens (including phenoxy) is 1. The lowest BCUT2D eigenvalue weighted by molar-refractivity contribution is -0.155. The van der Waals surface area contributed by atoms with E-state index >= 15 is 0 Å². The SMILES string of the molecule is C[C@@]12CCC(=O)N1[C@H](C(=O)OCC(=O)N1c3ccccc3Sc3ccccc31)CS2. The molecule has 2 atom stereocenters. The van der Waals surface area contributed by atoms with Crippen LogP contribution in [0.2, 0.25) is 0 Å². The van der Waals surface area contributed by atoms with E-state index in [0.717, 1.165) is 27.6 Å². The number of thioether (sulfide) groups is 1. The molecule has 2 aromatic carbocycles. The number of nitrogens with zero attached hydrogens (tertiary/aromatic N) is 2. The summed E-state index contributed by atoms with van der Waals surface area (Å²) in [7, 11) is 0. The summed E-state index contributed by atoms with van der Waals surface area (Å²) in [6.07, 6.45) is 1.18. The fraction of sp³-hybridized carbons (Fsp3) is 0.318. The quantitative estimate of drug-likeness (QED) is 0.676. The van der Waals surface area contributed by atoms with Crippen LogP contribution in [0.25, 0.3) is 0 Å². The lowest BCUT2D eigenvalue weighted by Crippen LogP contribution is -2.47. The van der Waals surface area contributed by atoms with Crippen molar-refractivity contribution in [1.29, 1.82) is 0 Å². The zero-order valence-electron chi connectivity index (χ0n) is 16.4. The lowest BCUT2D eigenvalue weighted by Gasteiger charge is -2.31. The third-order valence-electron chi connectivity index (χ3n) is 5.74. The summed E-state index contributed by atoms with van der Waals surface area (Å²) >= 11 is 3.22. The number of para-hydroxylation sites is 2. The summed E-state index contributed by atoms with van der Waals surface area (Å²) in [6.45, 7) is 1.62. The summed E-state index contributed by atoms with van der Waals surface area (Å²) in [5, 5.41) is 0. The first-order valence-corrected chi connectivity index (χ1v) is 11.6. The first kappa shape index (κ1) is 19.5. The number of amides is 2. The van der Waals surface area contributed by atoms with E-state index < -0.39 is 12.0 Å². The average Bonchev–Trinajstić information content (AvgIpc) is 3.25. The van der Waals surface area contributed by atoms with E-state index in [1.807, 2.05) is 55.5 Å². The van der Waals surface area contributed by atoms with Gasteiger partial charge in [0, 0.05) is 22.0 Å². The number of carbonyl (C=O) groups is 3. The van der Waals surface area contributed by atoms with Crippen molar-refractivity contribution in [1.82, 2.24) is 4.90 Å². The number of anilines is 2. The van der Waals surface area contributed by atoms with E-state index in [4.69, 9.17) is 4.74 Å². The molecule has 0 radical (unpaired) electrons. The van der Waals surface area contributed by atoms with Crippen molar-refractivity contribution < 1.29 is 19.1 Å². The lowest BCUT2D eigenvalue weighted by atomic mass is 10.2. The molecule has 3 aliphatic heterocycles. The van der Waals surface area contributed by atoms with Gasteiger partial charge in [-0.25, -0.2) is 4.79 Å². The van der Waals surface area contributed by atoms with Crippen molar-refractivity contribution in [2.75, 3.05) is 17.3 Å². The molecule has 3 heterocycles. The molecule has 2 amide bonds. The number of benzene rings is 2. The van der Waals surface area contributed by atoms with Crippen LogP contribution in [0.5, 0.6) is 0 Å². The molecule has 0 unspecified atom stereocenters. The second-order valence-corrected chi connectivity index (χ2v) is 10.2. The second-order valence-electron chi connectivity index (χ2n) is 7.64. The normalized spacial score (nSPS) is 24.3. The molecule has 0 bridgehead atoms. The molecule has 30 heavy (non-hydrogen) atoms. The van der Waals surface area contributed by atoms with Gasteiger partial charge in [0.1, 0.15) is 6.04 Å². The molecule has 0 saturated carbocycles. The first-order valence-electron chi connectivity index (χ1n) is 9.79. The Labute approximate surface area is 182 Å². The highest BCUT2D eigenvalue weighted by Gasteiger charge is 2.53. The molecule has 2 saturated heterocycles. The van der Waals surface area contributed by atoms with Crippen molar-refractivity contribution in [2.24, 2.45) is 0 Å². The Morgan fingerprint density at radius 1 is 1.10 bits per heavy atom. The van der Waals surface area contributed by atoms with Gasteiger partial charge in [0.15, 0.2) is 6.61 Å². The summed E-state index contributed by atoms with van der Waals surface area (Å²) in [5.41, 5.74) is 1.56. The minimum Gasteiger partial charge on any atom is -0.454 e. The molecule has 8 heteroatoms. The van der Waals surface area contributed by atoms with E-state index in [1.54, 1.807) is 33.3 Å². The van der Waals surface area contributed by atoms with Crippen LogP contribution in [0.1, 0.15) is 19.8 Å². The molecule has 2 fully saturated rings. The van der Waals surface area contributed by atoms with Crippen molar-refractivity contribution in [3.8, 4) is 0 Å². The Morgan fingerprint density at radius 3 is 2.40 bits per heavy atom. The highest BCUT2D eigenvalue weighted by Crippen LogP contribution is 2.49. The van der Waals surface area contributed by atoms with Crippen LogP contribution in [0.3, 0.4) is 0 Å². The Bertz CT molecular complexity index is 1010. The van der Waals surface area contributed by atoms with Crippen LogP contribution in [0, 0.1) is 0 Å². The standard InChI is InChI=1S/C22H20N2O4S2/c1-22-11-10-19(25)24(22)16(13-29-22)21(27)28-12-20(26)23-14-6-2-4-8-17(14)30-18-9-5-3-7-15(18)23/h2-9,16H,10-13H2,1H3/t16-,22+/m0/s1. The van der Waals surface area contributed by atoms with Crippen LogP contribution < -0.4 is 4.90 Å². The van der Waals surface area contributed by atoms with Crippen LogP contribution in [0.4, 0.5) is 11.4 Å². The topological polar surface area (TPSA) is 66.9 Å². The zero-order chi connectivity index (χ0) is 20.9. The van der Waals surface area contributed by atoms with Gasteiger partial charge < -0.3 is 9.64 Å². The molecule has 0 N–H and O–H groups in total. The third-order valence-corrected chi connectivity index (χ3v) is 8.37. The molecular formula is C22H20N2O4S2. The first-order chi connectivity index (χ1) is 14.5. The number of hydrogen-bond donors (Lipinski definition) is 0. The largest absolute Gasteiger partial charge is 0.454 e. The highest BCUT2D eigenvalue weighted by atomic mass is 32.2. The van der Waals surface area contributed by atoms with Crippen LogP contribution >= 0.6 is 23.5 Å². The summed E-state index contributed by atoms with van der Waals surface area (Å²) in [5.74, 6) is -0.347. The number of hydrogen-bond acceptors (Lipinski definition) is 6. The minimum atomic E-state index is -0.626. The fourth-order valence-corrected chi connectivity index (χ4v) is 6.74. The predicted molar refractivity (Wildman–Crippen MR) is 116 cm³/mol.